The predicted molar refractivity (Wildman–Crippen MR) is 190 cm³/mol. The topological polar surface area (TPSA) is 150 Å². The van der Waals surface area contributed by atoms with Crippen LogP contribution < -0.4 is 5.43 Å². The van der Waals surface area contributed by atoms with Crippen molar-refractivity contribution >= 4 is 33.9 Å². The van der Waals surface area contributed by atoms with Crippen molar-refractivity contribution in [3.63, 3.8) is 0 Å². The van der Waals surface area contributed by atoms with Crippen LogP contribution in [0.3, 0.4) is 0 Å². The van der Waals surface area contributed by atoms with Gasteiger partial charge in [0.25, 0.3) is 0 Å². The highest BCUT2D eigenvalue weighted by molar-refractivity contribution is 6.33. The van der Waals surface area contributed by atoms with E-state index < -0.39 is 59.4 Å². The Labute approximate surface area is 291 Å². The van der Waals surface area contributed by atoms with Gasteiger partial charge in [0.2, 0.25) is 5.78 Å². The van der Waals surface area contributed by atoms with Gasteiger partial charge in [0.05, 0.1) is 46.4 Å². The molecule has 0 bridgehead atoms. The maximum absolute atomic E-state index is 14.6. The third-order valence-corrected chi connectivity index (χ3v) is 11.1. The van der Waals surface area contributed by atoms with Crippen LogP contribution in [0.1, 0.15) is 101 Å². The van der Waals surface area contributed by atoms with Gasteiger partial charge in [-0.3, -0.25) is 14.4 Å². The van der Waals surface area contributed by atoms with Crippen LogP contribution >= 0.6 is 0 Å². The van der Waals surface area contributed by atoms with Crippen LogP contribution in [0, 0.1) is 6.92 Å². The van der Waals surface area contributed by atoms with Crippen molar-refractivity contribution in [2.75, 3.05) is 28.2 Å². The number of hydrogen-bond acceptors (Lipinski definition) is 11. The number of rotatable bonds is 5. The van der Waals surface area contributed by atoms with Gasteiger partial charge >= 0.3 is 0 Å². The lowest BCUT2D eigenvalue weighted by Crippen LogP contribution is -2.59. The number of nitrogens with zero attached hydrogens (tertiary/aromatic N) is 2. The van der Waals surface area contributed by atoms with Crippen molar-refractivity contribution in [2.24, 2.45) is 0 Å². The molecule has 1 aromatic heterocycles. The van der Waals surface area contributed by atoms with Crippen LogP contribution in [-0.2, 0) is 9.47 Å². The van der Waals surface area contributed by atoms with E-state index in [4.69, 9.17) is 13.9 Å². The number of ether oxygens (including phenoxy) is 2. The van der Waals surface area contributed by atoms with Gasteiger partial charge in [0.15, 0.2) is 11.2 Å². The Bertz CT molecular complexity index is 2060. The molecule has 0 unspecified atom stereocenters. The molecule has 2 aromatic carbocycles. The van der Waals surface area contributed by atoms with Crippen molar-refractivity contribution in [1.82, 2.24) is 9.80 Å². The Balaban J connectivity index is 1.65. The number of carbonyl (C=O) groups excluding carboxylic acids is 2. The smallest absolute Gasteiger partial charge is 0.202 e. The normalized spacial score (nSPS) is 28.5. The van der Waals surface area contributed by atoms with Gasteiger partial charge in [0.1, 0.15) is 35.6 Å². The molecule has 0 spiro atoms. The van der Waals surface area contributed by atoms with Crippen molar-refractivity contribution in [3.05, 3.63) is 85.3 Å². The molecule has 1 aliphatic carbocycles. The second kappa shape index (κ2) is 12.6. The molecule has 0 radical (unpaired) electrons. The number of fused-ring (bicyclic) bond motifs is 4. The molecule has 7 atom stereocenters. The van der Waals surface area contributed by atoms with Gasteiger partial charge in [-0.15, -0.1) is 0 Å². The number of aliphatic hydroxyl groups is 2. The summed E-state index contributed by atoms with van der Waals surface area (Å²) in [6.45, 7) is 10.7. The Hall–Kier alpha value is -4.13. The minimum atomic E-state index is -0.876. The summed E-state index contributed by atoms with van der Waals surface area (Å²) in [5, 5.41) is 34.7. The number of aromatic hydroxyl groups is 1. The molecule has 11 heteroatoms. The molecule has 50 heavy (non-hydrogen) atoms. The molecule has 1 saturated heterocycles. The summed E-state index contributed by atoms with van der Waals surface area (Å²) in [6, 6.07) is 2.62. The van der Waals surface area contributed by atoms with E-state index in [0.29, 0.717) is 28.0 Å². The minimum absolute atomic E-state index is 0.0208. The number of phenols is 1. The molecular formula is C39H46N2O9. The maximum atomic E-state index is 14.6. The van der Waals surface area contributed by atoms with Crippen LogP contribution in [-0.4, -0.2) is 101 Å². The molecule has 6 rings (SSSR count). The fraction of sp³-hybridized carbons (Fsp3) is 0.462. The largest absolute Gasteiger partial charge is 0.507 e. The van der Waals surface area contributed by atoms with E-state index in [1.165, 1.54) is 12.3 Å². The standard InChI is InChI=1S/C39H46N2O9/c1-11-17(2)24-16-48-37-28(34(24)44)18(3)12-22-31(37)36(46)30-23(33(22)43)13-21(26-14-25(40(7)8)32(42)19(4)49-26)29(35(30)45)27-15-39(6,41(9)10)38(47)20(5)50-27/h11-14,16,19-20,25,27,32,38,42,45,47H,15H2,1-10H3/b17-11+/t19-,20+,25-,27-,32-,38-,39+/m1/s1. The first-order chi connectivity index (χ1) is 23.4. The van der Waals surface area contributed by atoms with Gasteiger partial charge in [0, 0.05) is 27.8 Å². The lowest BCUT2D eigenvalue weighted by Gasteiger charge is -2.49. The molecule has 3 aromatic rings. The van der Waals surface area contributed by atoms with Gasteiger partial charge in [-0.1, -0.05) is 6.08 Å². The molecule has 1 fully saturated rings. The number of aryl methyl sites for hydroxylation is 1. The fourth-order valence-electron chi connectivity index (χ4n) is 7.67. The summed E-state index contributed by atoms with van der Waals surface area (Å²) >= 11 is 0. The molecular weight excluding hydrogens is 640 g/mol. The maximum Gasteiger partial charge on any atom is 0.202 e. The van der Waals surface area contributed by atoms with Gasteiger partial charge in [-0.05, 0) is 105 Å². The summed E-state index contributed by atoms with van der Waals surface area (Å²) in [4.78, 5) is 46.5. The fourth-order valence-corrected chi connectivity index (χ4v) is 7.67. The minimum Gasteiger partial charge on any atom is -0.507 e. The number of likely N-dealkylation sites (N-methyl/N-ethyl adjacent to an activating group) is 2. The zero-order valence-corrected chi connectivity index (χ0v) is 30.2. The predicted octanol–water partition coefficient (Wildman–Crippen LogP) is 4.59. The summed E-state index contributed by atoms with van der Waals surface area (Å²) in [7, 11) is 7.36. The van der Waals surface area contributed by atoms with Crippen LogP contribution in [0.15, 0.2) is 39.8 Å². The van der Waals surface area contributed by atoms with Crippen LogP contribution in [0.5, 0.6) is 5.75 Å². The van der Waals surface area contributed by atoms with E-state index >= 15 is 0 Å². The molecule has 11 nitrogen and oxygen atoms in total. The van der Waals surface area contributed by atoms with E-state index in [0.717, 1.165) is 0 Å². The van der Waals surface area contributed by atoms with Gasteiger partial charge in [-0.2, -0.15) is 0 Å². The summed E-state index contributed by atoms with van der Waals surface area (Å²) in [6.07, 6.45) is 1.13. The molecule has 2 aliphatic heterocycles. The zero-order valence-electron chi connectivity index (χ0n) is 30.2. The second-order valence-corrected chi connectivity index (χ2v) is 14.6. The van der Waals surface area contributed by atoms with E-state index in [2.05, 4.69) is 0 Å². The number of benzene rings is 2. The van der Waals surface area contributed by atoms with Gasteiger partial charge in [-0.25, -0.2) is 0 Å². The summed E-state index contributed by atoms with van der Waals surface area (Å²) in [5.74, 6) is -1.35. The first-order valence-corrected chi connectivity index (χ1v) is 16.9. The van der Waals surface area contributed by atoms with Crippen molar-refractivity contribution < 1.29 is 38.8 Å². The van der Waals surface area contributed by atoms with Crippen molar-refractivity contribution in [1.29, 1.82) is 0 Å². The van der Waals surface area contributed by atoms with E-state index in [1.807, 2.05) is 51.8 Å². The summed E-state index contributed by atoms with van der Waals surface area (Å²) in [5.41, 5.74) is 0.629. The first-order valence-electron chi connectivity index (χ1n) is 16.9. The molecule has 3 heterocycles. The first kappa shape index (κ1) is 35.7. The lowest BCUT2D eigenvalue weighted by molar-refractivity contribution is -0.176. The quantitative estimate of drug-likeness (QED) is 0.271. The average Bonchev–Trinajstić information content (AvgIpc) is 3.05. The number of aliphatic hydroxyl groups excluding tert-OH is 2. The number of carbonyl (C=O) groups is 2. The molecule has 266 valence electrons. The van der Waals surface area contributed by atoms with Crippen LogP contribution in [0.4, 0.5) is 0 Å². The average molecular weight is 687 g/mol. The van der Waals surface area contributed by atoms with Crippen molar-refractivity contribution in [2.45, 2.75) is 90.1 Å². The molecule has 3 aliphatic rings. The third kappa shape index (κ3) is 5.25. The highest BCUT2D eigenvalue weighted by atomic mass is 16.5. The van der Waals surface area contributed by atoms with Crippen LogP contribution in [0.25, 0.3) is 22.3 Å². The number of allylic oxidation sites excluding steroid dienone is 2. The zero-order chi connectivity index (χ0) is 36.7. The van der Waals surface area contributed by atoms with Crippen molar-refractivity contribution in [3.8, 4) is 5.75 Å². The number of ketones is 2. The van der Waals surface area contributed by atoms with E-state index in [-0.39, 0.29) is 50.6 Å². The Morgan fingerprint density at radius 1 is 0.980 bits per heavy atom. The van der Waals surface area contributed by atoms with E-state index in [1.54, 1.807) is 45.9 Å². The monoisotopic (exact) mass is 686 g/mol. The molecule has 0 amide bonds. The second-order valence-electron chi connectivity index (χ2n) is 14.6. The highest BCUT2D eigenvalue weighted by Gasteiger charge is 2.49. The molecule has 0 saturated carbocycles. The SMILES string of the molecule is C/C=C(\C)c1coc2c3c(cc(C)c2c1=O)C(=O)c1cc(C2=C[C@@H](N(C)C)[C@H](O)[C@@H](C)O2)c([C@H]2C[C@](C)(N(C)C)[C@H](O)[C@H](C)O2)c(O)c1C3=O. The summed E-state index contributed by atoms with van der Waals surface area (Å²) < 4.78 is 18.6. The Morgan fingerprint density at radius 2 is 1.64 bits per heavy atom. The number of phenolic OH excluding ortho intramolecular Hbond substituents is 1. The Morgan fingerprint density at radius 3 is 2.26 bits per heavy atom. The van der Waals surface area contributed by atoms with Crippen LogP contribution in [0.2, 0.25) is 0 Å². The highest BCUT2D eigenvalue weighted by Crippen LogP contribution is 2.49. The molecule has 3 N–H and O–H groups in total. The van der Waals surface area contributed by atoms with Gasteiger partial charge < -0.3 is 39.0 Å². The lowest BCUT2D eigenvalue weighted by atomic mass is 9.75. The third-order valence-electron chi connectivity index (χ3n) is 11.1. The Kier molecular flexibility index (Phi) is 8.98. The van der Waals surface area contributed by atoms with E-state index in [9.17, 15) is 29.7 Å². The number of hydrogen-bond donors (Lipinski definition) is 3.